The SMILES string of the molecule is COC(=O)[C@H](CCCN=C(N)N)NC=C(C)C=O. The third kappa shape index (κ3) is 7.26. The van der Waals surface area contributed by atoms with E-state index in [-0.39, 0.29) is 5.96 Å². The number of esters is 1. The number of ether oxygens (including phenoxy) is 1. The predicted molar refractivity (Wildman–Crippen MR) is 68.7 cm³/mol. The van der Waals surface area contributed by atoms with Crippen LogP contribution in [0.1, 0.15) is 19.8 Å². The summed E-state index contributed by atoms with van der Waals surface area (Å²) in [4.78, 5) is 25.7. The smallest absolute Gasteiger partial charge is 0.328 e. The second kappa shape index (κ2) is 9.03. The van der Waals surface area contributed by atoms with Gasteiger partial charge >= 0.3 is 5.97 Å². The number of aliphatic imine (C=N–C) groups is 1. The summed E-state index contributed by atoms with van der Waals surface area (Å²) in [5, 5.41) is 2.83. The summed E-state index contributed by atoms with van der Waals surface area (Å²) in [6.07, 6.45) is 3.31. The number of nitrogens with one attached hydrogen (secondary N) is 1. The molecule has 0 saturated carbocycles. The molecule has 0 rings (SSSR count). The van der Waals surface area contributed by atoms with Crippen molar-refractivity contribution in [1.82, 2.24) is 5.32 Å². The fourth-order valence-corrected chi connectivity index (χ4v) is 1.18. The Bertz CT molecular complexity index is 335. The highest BCUT2D eigenvalue weighted by molar-refractivity contribution is 5.77. The highest BCUT2D eigenvalue weighted by atomic mass is 16.5. The first-order chi connectivity index (χ1) is 8.51. The van der Waals surface area contributed by atoms with E-state index in [2.05, 4.69) is 15.0 Å². The first-order valence-electron chi connectivity index (χ1n) is 5.52. The second-order valence-corrected chi connectivity index (χ2v) is 3.70. The number of guanidine groups is 1. The third-order valence-electron chi connectivity index (χ3n) is 2.13. The Balaban J connectivity index is 4.28. The summed E-state index contributed by atoms with van der Waals surface area (Å²) in [6.45, 7) is 2.07. The lowest BCUT2D eigenvalue weighted by molar-refractivity contribution is -0.143. The molecule has 0 aliphatic heterocycles. The van der Waals surface area contributed by atoms with Gasteiger partial charge in [0.2, 0.25) is 0 Å². The van der Waals surface area contributed by atoms with Crippen LogP contribution in [0.3, 0.4) is 0 Å². The van der Waals surface area contributed by atoms with Gasteiger partial charge in [-0.2, -0.15) is 0 Å². The number of hydrogen-bond acceptors (Lipinski definition) is 5. The van der Waals surface area contributed by atoms with Crippen LogP contribution in [0.4, 0.5) is 0 Å². The number of rotatable bonds is 8. The van der Waals surface area contributed by atoms with Gasteiger partial charge in [-0.15, -0.1) is 0 Å². The summed E-state index contributed by atoms with van der Waals surface area (Å²) < 4.78 is 4.65. The van der Waals surface area contributed by atoms with Gasteiger partial charge < -0.3 is 21.5 Å². The van der Waals surface area contributed by atoms with Gasteiger partial charge in [0.15, 0.2) is 5.96 Å². The Labute approximate surface area is 106 Å². The minimum absolute atomic E-state index is 0.0225. The molecule has 1 atom stereocenters. The Morgan fingerprint density at radius 1 is 1.50 bits per heavy atom. The zero-order valence-electron chi connectivity index (χ0n) is 10.7. The van der Waals surface area contributed by atoms with Crippen molar-refractivity contribution in [3.05, 3.63) is 11.8 Å². The summed E-state index contributed by atoms with van der Waals surface area (Å²) in [6, 6.07) is -0.515. The van der Waals surface area contributed by atoms with E-state index in [0.29, 0.717) is 31.2 Å². The number of allylic oxidation sites excluding steroid dienone is 1. The van der Waals surface area contributed by atoms with Crippen molar-refractivity contribution in [3.63, 3.8) is 0 Å². The average molecular weight is 256 g/mol. The standard InChI is InChI=1S/C11H20N4O3/c1-8(7-16)6-15-9(10(17)18-2)4-3-5-14-11(12)13/h6-7,9,15H,3-5H2,1-2H3,(H4,12,13,14)/t9-/m0/s1. The van der Waals surface area contributed by atoms with Crippen molar-refractivity contribution in [1.29, 1.82) is 0 Å². The molecule has 0 aliphatic carbocycles. The van der Waals surface area contributed by atoms with Gasteiger partial charge in [-0.25, -0.2) is 4.79 Å². The molecule has 0 aromatic carbocycles. The lowest BCUT2D eigenvalue weighted by atomic mass is 10.1. The molecule has 102 valence electrons. The first-order valence-corrected chi connectivity index (χ1v) is 5.52. The number of nitrogens with zero attached hydrogens (tertiary/aromatic N) is 1. The summed E-state index contributed by atoms with van der Waals surface area (Å²) in [7, 11) is 1.31. The normalized spacial score (nSPS) is 12.4. The number of methoxy groups -OCH3 is 1. The minimum atomic E-state index is -0.515. The third-order valence-corrected chi connectivity index (χ3v) is 2.13. The molecule has 0 radical (unpaired) electrons. The van der Waals surface area contributed by atoms with Crippen LogP contribution in [0.25, 0.3) is 0 Å². The zero-order chi connectivity index (χ0) is 14.0. The van der Waals surface area contributed by atoms with Crippen LogP contribution in [0.5, 0.6) is 0 Å². The van der Waals surface area contributed by atoms with Crippen molar-refractivity contribution in [2.24, 2.45) is 16.5 Å². The van der Waals surface area contributed by atoms with E-state index < -0.39 is 12.0 Å². The second-order valence-electron chi connectivity index (χ2n) is 3.70. The van der Waals surface area contributed by atoms with Crippen molar-refractivity contribution in [2.45, 2.75) is 25.8 Å². The molecule has 0 spiro atoms. The van der Waals surface area contributed by atoms with Crippen LogP contribution < -0.4 is 16.8 Å². The number of hydrogen-bond donors (Lipinski definition) is 3. The Morgan fingerprint density at radius 2 is 2.17 bits per heavy atom. The van der Waals surface area contributed by atoms with E-state index >= 15 is 0 Å². The number of aldehydes is 1. The number of carbonyl (C=O) groups is 2. The van der Waals surface area contributed by atoms with Gasteiger partial charge in [0.25, 0.3) is 0 Å². The lowest BCUT2D eigenvalue weighted by Gasteiger charge is -2.14. The summed E-state index contributed by atoms with van der Waals surface area (Å²) in [5.74, 6) is -0.371. The van der Waals surface area contributed by atoms with Gasteiger partial charge in [-0.1, -0.05) is 0 Å². The van der Waals surface area contributed by atoms with Crippen molar-refractivity contribution >= 4 is 18.2 Å². The van der Waals surface area contributed by atoms with E-state index in [1.807, 2.05) is 0 Å². The van der Waals surface area contributed by atoms with E-state index in [0.717, 1.165) is 0 Å². The maximum Gasteiger partial charge on any atom is 0.328 e. The van der Waals surface area contributed by atoms with Crippen LogP contribution in [0, 0.1) is 0 Å². The summed E-state index contributed by atoms with van der Waals surface area (Å²) >= 11 is 0. The topological polar surface area (TPSA) is 120 Å². The number of nitrogens with two attached hydrogens (primary N) is 2. The molecule has 18 heavy (non-hydrogen) atoms. The van der Waals surface area contributed by atoms with E-state index in [9.17, 15) is 9.59 Å². The molecule has 0 fully saturated rings. The molecule has 7 heteroatoms. The number of carbonyl (C=O) groups excluding carboxylic acids is 2. The van der Waals surface area contributed by atoms with Gasteiger partial charge in [0.1, 0.15) is 12.3 Å². The average Bonchev–Trinajstić information content (AvgIpc) is 2.36. The molecule has 7 nitrogen and oxygen atoms in total. The van der Waals surface area contributed by atoms with E-state index in [1.165, 1.54) is 13.3 Å². The van der Waals surface area contributed by atoms with Gasteiger partial charge in [-0.05, 0) is 19.8 Å². The summed E-state index contributed by atoms with van der Waals surface area (Å²) in [5.41, 5.74) is 10.9. The fraction of sp³-hybridized carbons (Fsp3) is 0.545. The first kappa shape index (κ1) is 16.0. The monoisotopic (exact) mass is 256 g/mol. The molecule has 0 saturated heterocycles. The van der Waals surface area contributed by atoms with Crippen LogP contribution >= 0.6 is 0 Å². The van der Waals surface area contributed by atoms with E-state index in [4.69, 9.17) is 11.5 Å². The highest BCUT2D eigenvalue weighted by Crippen LogP contribution is 2.01. The quantitative estimate of drug-likeness (QED) is 0.132. The maximum atomic E-state index is 11.5. The molecular formula is C11H20N4O3. The lowest BCUT2D eigenvalue weighted by Crippen LogP contribution is -2.34. The predicted octanol–water partition coefficient (Wildman–Crippen LogP) is -0.726. The fourth-order valence-electron chi connectivity index (χ4n) is 1.18. The van der Waals surface area contributed by atoms with E-state index in [1.54, 1.807) is 6.92 Å². The van der Waals surface area contributed by atoms with Crippen LogP contribution in [-0.4, -0.2) is 37.9 Å². The molecule has 0 bridgehead atoms. The zero-order valence-corrected chi connectivity index (χ0v) is 10.7. The maximum absolute atomic E-state index is 11.5. The van der Waals surface area contributed by atoms with Crippen LogP contribution in [-0.2, 0) is 14.3 Å². The van der Waals surface area contributed by atoms with Gasteiger partial charge in [0, 0.05) is 18.3 Å². The molecule has 0 amide bonds. The van der Waals surface area contributed by atoms with Crippen LogP contribution in [0.2, 0.25) is 0 Å². The largest absolute Gasteiger partial charge is 0.467 e. The minimum Gasteiger partial charge on any atom is -0.467 e. The molecule has 0 aromatic rings. The highest BCUT2D eigenvalue weighted by Gasteiger charge is 2.16. The molecule has 0 unspecified atom stereocenters. The molecule has 0 aliphatic rings. The van der Waals surface area contributed by atoms with Crippen molar-refractivity contribution in [2.75, 3.05) is 13.7 Å². The Kier molecular flexibility index (Phi) is 8.00. The van der Waals surface area contributed by atoms with Crippen LogP contribution in [0.15, 0.2) is 16.8 Å². The Hall–Kier alpha value is -2.05. The van der Waals surface area contributed by atoms with Gasteiger partial charge in [0.05, 0.1) is 7.11 Å². The van der Waals surface area contributed by atoms with Crippen molar-refractivity contribution < 1.29 is 14.3 Å². The van der Waals surface area contributed by atoms with Gasteiger partial charge in [-0.3, -0.25) is 9.79 Å². The molecule has 5 N–H and O–H groups in total. The molecule has 0 aromatic heterocycles. The van der Waals surface area contributed by atoms with Crippen molar-refractivity contribution in [3.8, 4) is 0 Å². The molecular weight excluding hydrogens is 236 g/mol. The Morgan fingerprint density at radius 3 is 2.67 bits per heavy atom. The molecule has 0 heterocycles.